The van der Waals surface area contributed by atoms with Crippen molar-refractivity contribution in [3.8, 4) is 0 Å². The summed E-state index contributed by atoms with van der Waals surface area (Å²) in [7, 11) is 0. The molecule has 1 N–H and O–H groups in total. The first-order valence-electron chi connectivity index (χ1n) is 7.60. The largest absolute Gasteiger partial charge is 0.393 e. The molecule has 1 amide bonds. The average Bonchev–Trinajstić information content (AvgIpc) is 2.43. The highest BCUT2D eigenvalue weighted by atomic mass is 16.3. The molecule has 1 aliphatic carbocycles. The second-order valence-corrected chi connectivity index (χ2v) is 5.59. The Hall–Kier alpha value is -0.870. The number of likely N-dealkylation sites (N-methyl/N-ethyl adjacent to an activating group) is 1. The van der Waals surface area contributed by atoms with Gasteiger partial charge in [-0.2, -0.15) is 0 Å². The molecule has 0 atom stereocenters. The molecule has 1 fully saturated rings. The fourth-order valence-corrected chi connectivity index (χ4v) is 2.96. The fourth-order valence-electron chi connectivity index (χ4n) is 2.96. The van der Waals surface area contributed by atoms with Crippen LogP contribution in [0.3, 0.4) is 0 Å². The summed E-state index contributed by atoms with van der Waals surface area (Å²) in [5.41, 5.74) is 1.22. The minimum Gasteiger partial charge on any atom is -0.393 e. The molecule has 0 aromatic carbocycles. The van der Waals surface area contributed by atoms with Crippen molar-refractivity contribution in [2.75, 3.05) is 26.2 Å². The van der Waals surface area contributed by atoms with Crippen LogP contribution in [-0.4, -0.2) is 53.1 Å². The summed E-state index contributed by atoms with van der Waals surface area (Å²) in [5.74, 6) is 0.215. The molecule has 0 saturated carbocycles. The topological polar surface area (TPSA) is 43.8 Å². The molecule has 1 heterocycles. The van der Waals surface area contributed by atoms with E-state index in [1.165, 1.54) is 18.5 Å². The molecule has 2 aliphatic rings. The molecular weight excluding hydrogens is 240 g/mol. The van der Waals surface area contributed by atoms with Crippen LogP contribution < -0.4 is 0 Å². The van der Waals surface area contributed by atoms with Gasteiger partial charge in [0.1, 0.15) is 0 Å². The molecule has 0 spiro atoms. The molecule has 2 rings (SSSR count). The second-order valence-electron chi connectivity index (χ2n) is 5.59. The number of hydrogen-bond donors (Lipinski definition) is 1. The van der Waals surface area contributed by atoms with Crippen molar-refractivity contribution in [3.63, 3.8) is 0 Å². The van der Waals surface area contributed by atoms with E-state index in [2.05, 4.69) is 11.0 Å². The number of carbonyl (C=O) groups is 1. The lowest BCUT2D eigenvalue weighted by molar-refractivity contribution is -0.131. The minimum absolute atomic E-state index is 0.172. The summed E-state index contributed by atoms with van der Waals surface area (Å²) in [5, 5.41) is 9.49. The lowest BCUT2D eigenvalue weighted by Gasteiger charge is -2.32. The van der Waals surface area contributed by atoms with Crippen molar-refractivity contribution in [1.29, 1.82) is 0 Å². The molecule has 4 heteroatoms. The number of amides is 1. The van der Waals surface area contributed by atoms with E-state index in [0.29, 0.717) is 6.54 Å². The molecule has 108 valence electrons. The van der Waals surface area contributed by atoms with Crippen LogP contribution in [0.4, 0.5) is 0 Å². The first-order chi connectivity index (χ1) is 9.20. The number of piperidine rings is 1. The summed E-state index contributed by atoms with van der Waals surface area (Å²) >= 11 is 0. The highest BCUT2D eigenvalue weighted by Crippen LogP contribution is 2.21. The highest BCUT2D eigenvalue weighted by molar-refractivity contribution is 5.80. The van der Waals surface area contributed by atoms with Gasteiger partial charge in [-0.25, -0.2) is 0 Å². The van der Waals surface area contributed by atoms with Gasteiger partial charge in [0.2, 0.25) is 5.91 Å². The van der Waals surface area contributed by atoms with Crippen LogP contribution in [-0.2, 0) is 4.79 Å². The summed E-state index contributed by atoms with van der Waals surface area (Å²) < 4.78 is 0. The first kappa shape index (κ1) is 14.5. The quantitative estimate of drug-likeness (QED) is 0.843. The molecular formula is C15H26N2O2. The number of nitrogens with zero attached hydrogens (tertiary/aromatic N) is 2. The van der Waals surface area contributed by atoms with Gasteiger partial charge in [-0.15, -0.1) is 0 Å². The van der Waals surface area contributed by atoms with Crippen molar-refractivity contribution >= 4 is 5.91 Å². The Kier molecular flexibility index (Phi) is 5.40. The van der Waals surface area contributed by atoms with E-state index < -0.39 is 0 Å². The van der Waals surface area contributed by atoms with Gasteiger partial charge in [0.05, 0.1) is 12.6 Å². The van der Waals surface area contributed by atoms with Crippen LogP contribution in [0.1, 0.15) is 45.4 Å². The van der Waals surface area contributed by atoms with Crippen molar-refractivity contribution in [3.05, 3.63) is 11.8 Å². The zero-order valence-electron chi connectivity index (χ0n) is 12.0. The maximum Gasteiger partial charge on any atom is 0.240 e. The van der Waals surface area contributed by atoms with Crippen LogP contribution >= 0.6 is 0 Å². The number of carbonyl (C=O) groups excluding carboxylic acids is 1. The van der Waals surface area contributed by atoms with E-state index in [-0.39, 0.29) is 12.0 Å². The van der Waals surface area contributed by atoms with Crippen LogP contribution in [0.2, 0.25) is 0 Å². The zero-order valence-corrected chi connectivity index (χ0v) is 12.0. The highest BCUT2D eigenvalue weighted by Gasteiger charge is 2.23. The van der Waals surface area contributed by atoms with Crippen molar-refractivity contribution in [1.82, 2.24) is 9.80 Å². The molecule has 4 nitrogen and oxygen atoms in total. The van der Waals surface area contributed by atoms with E-state index in [0.717, 1.165) is 45.3 Å². The number of allylic oxidation sites excluding steroid dienone is 2. The van der Waals surface area contributed by atoms with E-state index in [1.807, 2.05) is 11.8 Å². The third-order valence-electron chi connectivity index (χ3n) is 4.15. The lowest BCUT2D eigenvalue weighted by atomic mass is 10.0. The van der Waals surface area contributed by atoms with E-state index in [9.17, 15) is 9.90 Å². The predicted molar refractivity (Wildman–Crippen MR) is 75.6 cm³/mol. The third kappa shape index (κ3) is 4.05. The van der Waals surface area contributed by atoms with Crippen molar-refractivity contribution in [2.45, 2.75) is 51.6 Å². The van der Waals surface area contributed by atoms with Crippen molar-refractivity contribution in [2.24, 2.45) is 0 Å². The fraction of sp³-hybridized carbons (Fsp3) is 0.800. The number of hydrogen-bond acceptors (Lipinski definition) is 3. The molecule has 19 heavy (non-hydrogen) atoms. The van der Waals surface area contributed by atoms with E-state index in [4.69, 9.17) is 0 Å². The van der Waals surface area contributed by atoms with Gasteiger partial charge in [0.25, 0.3) is 0 Å². The Morgan fingerprint density at radius 1 is 1.42 bits per heavy atom. The SMILES string of the molecule is CCN(C(=O)CN1CCC(O)CC1)C1=CCCCC1. The summed E-state index contributed by atoms with van der Waals surface area (Å²) in [4.78, 5) is 16.5. The predicted octanol–water partition coefficient (Wildman–Crippen LogP) is 1.75. The van der Waals surface area contributed by atoms with Gasteiger partial charge in [-0.05, 0) is 45.4 Å². The summed E-state index contributed by atoms with van der Waals surface area (Å²) in [6.07, 6.45) is 8.24. The molecule has 0 bridgehead atoms. The number of aliphatic hydroxyl groups is 1. The Balaban J connectivity index is 1.88. The second kappa shape index (κ2) is 7.06. The van der Waals surface area contributed by atoms with Crippen molar-refractivity contribution < 1.29 is 9.90 Å². The normalized spacial score (nSPS) is 22.1. The lowest BCUT2D eigenvalue weighted by Crippen LogP contribution is -2.44. The van der Waals surface area contributed by atoms with Gasteiger partial charge >= 0.3 is 0 Å². The van der Waals surface area contributed by atoms with E-state index >= 15 is 0 Å². The molecule has 1 saturated heterocycles. The Labute approximate surface area is 116 Å². The van der Waals surface area contributed by atoms with Gasteiger partial charge in [0, 0.05) is 25.3 Å². The smallest absolute Gasteiger partial charge is 0.240 e. The van der Waals surface area contributed by atoms with Gasteiger partial charge < -0.3 is 10.0 Å². The van der Waals surface area contributed by atoms with E-state index in [1.54, 1.807) is 0 Å². The van der Waals surface area contributed by atoms with Gasteiger partial charge in [0.15, 0.2) is 0 Å². The van der Waals surface area contributed by atoms with Crippen LogP contribution in [0, 0.1) is 0 Å². The maximum atomic E-state index is 12.4. The van der Waals surface area contributed by atoms with Gasteiger partial charge in [-0.3, -0.25) is 9.69 Å². The third-order valence-corrected chi connectivity index (χ3v) is 4.15. The standard InChI is InChI=1S/C15H26N2O2/c1-2-17(13-6-4-3-5-7-13)15(19)12-16-10-8-14(18)9-11-16/h6,14,18H,2-5,7-12H2,1H3. The van der Waals surface area contributed by atoms with Crippen LogP contribution in [0.25, 0.3) is 0 Å². The molecule has 0 aromatic rings. The maximum absolute atomic E-state index is 12.4. The monoisotopic (exact) mass is 266 g/mol. The van der Waals surface area contributed by atoms with Crippen LogP contribution in [0.15, 0.2) is 11.8 Å². The summed E-state index contributed by atoms with van der Waals surface area (Å²) in [6.45, 7) is 4.99. The Morgan fingerprint density at radius 2 is 2.16 bits per heavy atom. The number of rotatable bonds is 4. The Bertz CT molecular complexity index is 333. The average molecular weight is 266 g/mol. The Morgan fingerprint density at radius 3 is 2.74 bits per heavy atom. The number of aliphatic hydroxyl groups excluding tert-OH is 1. The van der Waals surface area contributed by atoms with Gasteiger partial charge in [-0.1, -0.05) is 6.08 Å². The van der Waals surface area contributed by atoms with Crippen LogP contribution in [0.5, 0.6) is 0 Å². The molecule has 0 aromatic heterocycles. The first-order valence-corrected chi connectivity index (χ1v) is 7.60. The minimum atomic E-state index is -0.172. The molecule has 1 aliphatic heterocycles. The zero-order chi connectivity index (χ0) is 13.7. The summed E-state index contributed by atoms with van der Waals surface area (Å²) in [6, 6.07) is 0. The molecule has 0 unspecified atom stereocenters. The number of likely N-dealkylation sites (tertiary alicyclic amines) is 1. The molecule has 0 radical (unpaired) electrons.